The predicted octanol–water partition coefficient (Wildman–Crippen LogP) is 6.46. The van der Waals surface area contributed by atoms with E-state index in [1.165, 1.54) is 18.3 Å². The molecule has 29 heavy (non-hydrogen) atoms. The molecule has 3 rings (SSSR count). The SMILES string of the molecule is Fc1ccc(C(Nc2cc(C(F)(F)F)cc(C(F)(F)F)c2)c2ccccn2)cc1. The molecule has 0 amide bonds. The molecule has 1 aromatic heterocycles. The average Bonchev–Trinajstić information content (AvgIpc) is 2.66. The maximum Gasteiger partial charge on any atom is 0.416 e. The zero-order valence-electron chi connectivity index (χ0n) is 14.5. The third-order valence-electron chi connectivity index (χ3n) is 4.09. The zero-order valence-corrected chi connectivity index (χ0v) is 14.5. The molecule has 2 aromatic carbocycles. The molecule has 1 atom stereocenters. The highest BCUT2D eigenvalue weighted by Crippen LogP contribution is 2.38. The molecule has 0 saturated carbocycles. The lowest BCUT2D eigenvalue weighted by Gasteiger charge is -2.22. The lowest BCUT2D eigenvalue weighted by Crippen LogP contribution is -2.16. The molecule has 1 heterocycles. The van der Waals surface area contributed by atoms with Gasteiger partial charge in [0.25, 0.3) is 0 Å². The number of aromatic nitrogens is 1. The number of nitrogens with one attached hydrogen (secondary N) is 1. The fourth-order valence-corrected chi connectivity index (χ4v) is 2.73. The van der Waals surface area contributed by atoms with Crippen LogP contribution in [0.3, 0.4) is 0 Å². The molecule has 1 N–H and O–H groups in total. The van der Waals surface area contributed by atoms with E-state index < -0.39 is 41.0 Å². The van der Waals surface area contributed by atoms with E-state index in [-0.39, 0.29) is 6.07 Å². The number of alkyl halides is 6. The smallest absolute Gasteiger partial charge is 0.373 e. The Morgan fingerprint density at radius 2 is 1.34 bits per heavy atom. The van der Waals surface area contributed by atoms with E-state index in [2.05, 4.69) is 10.3 Å². The highest BCUT2D eigenvalue weighted by molar-refractivity contribution is 5.53. The minimum atomic E-state index is -4.96. The number of benzene rings is 2. The van der Waals surface area contributed by atoms with Gasteiger partial charge < -0.3 is 5.32 Å². The number of pyridine rings is 1. The summed E-state index contributed by atoms with van der Waals surface area (Å²) in [6.45, 7) is 0. The van der Waals surface area contributed by atoms with Gasteiger partial charge >= 0.3 is 12.4 Å². The lowest BCUT2D eigenvalue weighted by molar-refractivity contribution is -0.143. The molecule has 0 aliphatic carbocycles. The Kier molecular flexibility index (Phi) is 5.50. The van der Waals surface area contributed by atoms with Crippen LogP contribution in [-0.4, -0.2) is 4.98 Å². The Morgan fingerprint density at radius 3 is 1.83 bits per heavy atom. The quantitative estimate of drug-likeness (QED) is 0.496. The largest absolute Gasteiger partial charge is 0.416 e. The molecular formula is C20H13F7N2. The number of halogens is 7. The van der Waals surface area contributed by atoms with Crippen molar-refractivity contribution in [3.8, 4) is 0 Å². The van der Waals surface area contributed by atoms with Crippen LogP contribution in [0.1, 0.15) is 28.4 Å². The minimum Gasteiger partial charge on any atom is -0.373 e. The number of anilines is 1. The minimum absolute atomic E-state index is 0.0544. The molecule has 0 aliphatic heterocycles. The summed E-state index contributed by atoms with van der Waals surface area (Å²) < 4.78 is 91.9. The molecule has 0 bridgehead atoms. The van der Waals surface area contributed by atoms with Gasteiger partial charge in [0.1, 0.15) is 5.82 Å². The van der Waals surface area contributed by atoms with Crippen molar-refractivity contribution < 1.29 is 30.7 Å². The van der Waals surface area contributed by atoms with Crippen LogP contribution in [0, 0.1) is 5.82 Å². The van der Waals surface area contributed by atoms with Crippen molar-refractivity contribution in [3.63, 3.8) is 0 Å². The van der Waals surface area contributed by atoms with Gasteiger partial charge in [-0.25, -0.2) is 4.39 Å². The summed E-state index contributed by atoms with van der Waals surface area (Å²) in [6.07, 6.45) is -8.50. The fourth-order valence-electron chi connectivity index (χ4n) is 2.73. The second-order valence-corrected chi connectivity index (χ2v) is 6.18. The van der Waals surface area contributed by atoms with Crippen LogP contribution in [0.5, 0.6) is 0 Å². The van der Waals surface area contributed by atoms with Gasteiger partial charge in [-0.15, -0.1) is 0 Å². The number of hydrogen-bond donors (Lipinski definition) is 1. The van der Waals surface area contributed by atoms with E-state index in [0.717, 1.165) is 12.1 Å². The van der Waals surface area contributed by atoms with Crippen molar-refractivity contribution in [3.05, 3.63) is 95.1 Å². The Bertz CT molecular complexity index is 933. The van der Waals surface area contributed by atoms with E-state index in [1.54, 1.807) is 18.2 Å². The summed E-state index contributed by atoms with van der Waals surface area (Å²) in [5.74, 6) is -0.535. The molecule has 0 saturated heterocycles. The summed E-state index contributed by atoms with van der Waals surface area (Å²) in [6, 6.07) is 10.1. The van der Waals surface area contributed by atoms with E-state index in [1.807, 2.05) is 0 Å². The Balaban J connectivity index is 2.08. The van der Waals surface area contributed by atoms with E-state index in [9.17, 15) is 30.7 Å². The Labute approximate surface area is 161 Å². The molecular weight excluding hydrogens is 401 g/mol. The van der Waals surface area contributed by atoms with Crippen molar-refractivity contribution in [1.29, 1.82) is 0 Å². The first kappa shape index (κ1) is 20.6. The molecule has 0 fully saturated rings. The highest BCUT2D eigenvalue weighted by Gasteiger charge is 2.37. The first-order chi connectivity index (χ1) is 13.5. The van der Waals surface area contributed by atoms with Gasteiger partial charge in [0.15, 0.2) is 0 Å². The molecule has 0 spiro atoms. The summed E-state index contributed by atoms with van der Waals surface area (Å²) in [5, 5.41) is 2.67. The van der Waals surface area contributed by atoms with Crippen LogP contribution in [0.2, 0.25) is 0 Å². The number of nitrogens with zero attached hydrogens (tertiary/aromatic N) is 1. The van der Waals surface area contributed by atoms with E-state index in [0.29, 0.717) is 23.4 Å². The first-order valence-corrected chi connectivity index (χ1v) is 8.26. The van der Waals surface area contributed by atoms with Gasteiger partial charge in [-0.05, 0) is 48.0 Å². The summed E-state index contributed by atoms with van der Waals surface area (Å²) >= 11 is 0. The molecule has 2 nitrogen and oxygen atoms in total. The highest BCUT2D eigenvalue weighted by atomic mass is 19.4. The molecule has 152 valence electrons. The van der Waals surface area contributed by atoms with Gasteiger partial charge in [-0.3, -0.25) is 4.98 Å². The topological polar surface area (TPSA) is 24.9 Å². The lowest BCUT2D eigenvalue weighted by atomic mass is 10.0. The maximum absolute atomic E-state index is 13.3. The predicted molar refractivity (Wildman–Crippen MR) is 92.5 cm³/mol. The van der Waals surface area contributed by atoms with E-state index in [4.69, 9.17) is 0 Å². The normalized spacial score (nSPS) is 13.2. The van der Waals surface area contributed by atoms with Crippen LogP contribution in [0.4, 0.5) is 36.4 Å². The summed E-state index contributed by atoms with van der Waals surface area (Å²) in [5.41, 5.74) is -2.52. The monoisotopic (exact) mass is 414 g/mol. The van der Waals surface area contributed by atoms with Gasteiger partial charge in [-0.1, -0.05) is 18.2 Å². The van der Waals surface area contributed by atoms with Crippen LogP contribution in [0.25, 0.3) is 0 Å². The van der Waals surface area contributed by atoms with Crippen molar-refractivity contribution in [2.75, 3.05) is 5.32 Å². The molecule has 3 aromatic rings. The third kappa shape index (κ3) is 5.04. The maximum atomic E-state index is 13.3. The average molecular weight is 414 g/mol. The zero-order chi connectivity index (χ0) is 21.2. The van der Waals surface area contributed by atoms with Crippen LogP contribution in [-0.2, 0) is 12.4 Å². The van der Waals surface area contributed by atoms with Crippen molar-refractivity contribution >= 4 is 5.69 Å². The Hall–Kier alpha value is -3.10. The second-order valence-electron chi connectivity index (χ2n) is 6.18. The number of hydrogen-bond acceptors (Lipinski definition) is 2. The van der Waals surface area contributed by atoms with Crippen molar-refractivity contribution in [2.24, 2.45) is 0 Å². The molecule has 9 heteroatoms. The van der Waals surface area contributed by atoms with Crippen molar-refractivity contribution in [1.82, 2.24) is 4.98 Å². The van der Waals surface area contributed by atoms with Crippen molar-refractivity contribution in [2.45, 2.75) is 18.4 Å². The van der Waals surface area contributed by atoms with Gasteiger partial charge in [0, 0.05) is 11.9 Å². The second kappa shape index (κ2) is 7.73. The standard InChI is InChI=1S/C20H13F7N2/c21-15-6-4-12(5-7-15)18(17-3-1-2-8-28-17)29-16-10-13(19(22,23)24)9-14(11-16)20(25,26)27/h1-11,18,29H. The Morgan fingerprint density at radius 1 is 0.759 bits per heavy atom. The van der Waals surface area contributed by atoms with Crippen LogP contribution in [0.15, 0.2) is 66.9 Å². The van der Waals surface area contributed by atoms with E-state index >= 15 is 0 Å². The summed E-state index contributed by atoms with van der Waals surface area (Å²) in [7, 11) is 0. The number of rotatable bonds is 4. The molecule has 0 radical (unpaired) electrons. The summed E-state index contributed by atoms with van der Waals surface area (Å²) in [4.78, 5) is 4.12. The first-order valence-electron chi connectivity index (χ1n) is 8.26. The van der Waals surface area contributed by atoms with Crippen LogP contribution >= 0.6 is 0 Å². The van der Waals surface area contributed by atoms with Gasteiger partial charge in [-0.2, -0.15) is 26.3 Å². The molecule has 0 aliphatic rings. The van der Waals surface area contributed by atoms with Gasteiger partial charge in [0.2, 0.25) is 0 Å². The molecule has 1 unspecified atom stereocenters. The van der Waals surface area contributed by atoms with Gasteiger partial charge in [0.05, 0.1) is 22.9 Å². The third-order valence-corrected chi connectivity index (χ3v) is 4.09. The van der Waals surface area contributed by atoms with Crippen LogP contribution < -0.4 is 5.32 Å². The fraction of sp³-hybridized carbons (Fsp3) is 0.150.